The molecule has 2 aromatic carbocycles. The van der Waals surface area contributed by atoms with Gasteiger partial charge in [0.2, 0.25) is 0 Å². The Hall–Kier alpha value is -0.830. The summed E-state index contributed by atoms with van der Waals surface area (Å²) in [5, 5.41) is 0. The first-order valence-corrected chi connectivity index (χ1v) is 8.58. The summed E-state index contributed by atoms with van der Waals surface area (Å²) in [6.07, 6.45) is 0.139. The second kappa shape index (κ2) is 6.12. The van der Waals surface area contributed by atoms with E-state index in [0.717, 1.165) is 18.5 Å². The van der Waals surface area contributed by atoms with Gasteiger partial charge in [0.05, 0.1) is 26.2 Å². The fourth-order valence-electron chi connectivity index (χ4n) is 2.41. The summed E-state index contributed by atoms with van der Waals surface area (Å²) >= 11 is 4.36. The highest BCUT2D eigenvalue weighted by atomic mass is 127. The van der Waals surface area contributed by atoms with Crippen LogP contribution in [0.2, 0.25) is 0 Å². The second-order valence-electron chi connectivity index (χ2n) is 4.73. The van der Waals surface area contributed by atoms with Crippen LogP contribution in [0.5, 0.6) is 11.5 Å². The zero-order valence-corrected chi connectivity index (χ0v) is 15.5. The van der Waals surface area contributed by atoms with Gasteiger partial charge in [0.15, 0.2) is 5.78 Å². The lowest BCUT2D eigenvalue weighted by Gasteiger charge is -2.27. The molecule has 21 heavy (non-hydrogen) atoms. The summed E-state index contributed by atoms with van der Waals surface area (Å²) in [6.45, 7) is 0. The van der Waals surface area contributed by atoms with Crippen LogP contribution in [-0.4, -0.2) is 12.9 Å². The minimum Gasteiger partial charge on any atom is -0.494 e. The van der Waals surface area contributed by atoms with Crippen LogP contribution in [0.4, 0.5) is 0 Å². The van der Waals surface area contributed by atoms with Gasteiger partial charge in [0, 0.05) is 0 Å². The number of carbonyl (C=O) groups excluding carboxylic acids is 1. The molecule has 1 atom stereocenters. The number of fused-ring (bicyclic) bond motifs is 1. The molecule has 5 heteroatoms. The summed E-state index contributed by atoms with van der Waals surface area (Å²) in [5.74, 6) is 1.51. The minimum atomic E-state index is -0.232. The molecule has 0 amide bonds. The molecule has 3 nitrogen and oxygen atoms in total. The maximum atomic E-state index is 12.4. The predicted molar refractivity (Wildman–Crippen MR) is 97.2 cm³/mol. The van der Waals surface area contributed by atoms with Crippen molar-refractivity contribution in [3.8, 4) is 11.5 Å². The van der Waals surface area contributed by atoms with Crippen molar-refractivity contribution in [1.82, 2.24) is 0 Å². The summed E-state index contributed by atoms with van der Waals surface area (Å²) in [4.78, 5) is 12.4. The number of halogens is 2. The topological polar surface area (TPSA) is 35.5 Å². The van der Waals surface area contributed by atoms with Gasteiger partial charge in [-0.05, 0) is 56.8 Å². The van der Waals surface area contributed by atoms with Crippen molar-refractivity contribution in [1.29, 1.82) is 0 Å². The van der Waals surface area contributed by atoms with Crippen LogP contribution >= 0.6 is 45.2 Å². The Morgan fingerprint density at radius 3 is 2.62 bits per heavy atom. The zero-order valence-electron chi connectivity index (χ0n) is 11.2. The second-order valence-corrected chi connectivity index (χ2v) is 6.97. The van der Waals surface area contributed by atoms with Gasteiger partial charge in [-0.2, -0.15) is 0 Å². The fourth-order valence-corrected chi connectivity index (χ4v) is 4.66. The van der Waals surface area contributed by atoms with Crippen molar-refractivity contribution in [2.75, 3.05) is 7.11 Å². The normalized spacial score (nSPS) is 17.1. The van der Waals surface area contributed by atoms with Gasteiger partial charge in [-0.15, -0.1) is 0 Å². The van der Waals surface area contributed by atoms with E-state index in [1.165, 1.54) is 0 Å². The Kier molecular flexibility index (Phi) is 4.39. The number of hydrogen-bond acceptors (Lipinski definition) is 3. The van der Waals surface area contributed by atoms with Gasteiger partial charge >= 0.3 is 0 Å². The minimum absolute atomic E-state index is 0.114. The molecule has 0 spiro atoms. The van der Waals surface area contributed by atoms with Gasteiger partial charge in [-0.25, -0.2) is 0 Å². The fraction of sp³-hybridized carbons (Fsp3) is 0.188. The van der Waals surface area contributed by atoms with Crippen LogP contribution < -0.4 is 9.47 Å². The molecular weight excluding hydrogens is 494 g/mol. The van der Waals surface area contributed by atoms with E-state index in [0.29, 0.717) is 17.7 Å². The van der Waals surface area contributed by atoms with Crippen LogP contribution in [0.3, 0.4) is 0 Å². The predicted octanol–water partition coefficient (Wildman–Crippen LogP) is 4.61. The number of ether oxygens (including phenoxy) is 2. The maximum absolute atomic E-state index is 12.4. The molecule has 2 aromatic rings. The lowest BCUT2D eigenvalue weighted by Crippen LogP contribution is -2.21. The van der Waals surface area contributed by atoms with E-state index < -0.39 is 0 Å². The molecular formula is C16H12I2O3. The van der Waals surface area contributed by atoms with Gasteiger partial charge < -0.3 is 9.47 Å². The van der Waals surface area contributed by atoms with Crippen molar-refractivity contribution in [2.24, 2.45) is 0 Å². The van der Waals surface area contributed by atoms with Crippen molar-refractivity contribution in [2.45, 2.75) is 12.5 Å². The third-order valence-corrected chi connectivity index (χ3v) is 5.22. The molecule has 1 aliphatic heterocycles. The Balaban J connectivity index is 2.07. The van der Waals surface area contributed by atoms with Crippen molar-refractivity contribution >= 4 is 51.0 Å². The third-order valence-electron chi connectivity index (χ3n) is 3.44. The molecule has 1 unspecified atom stereocenters. The van der Waals surface area contributed by atoms with Crippen molar-refractivity contribution in [3.63, 3.8) is 0 Å². The Bertz CT molecular complexity index is 698. The Morgan fingerprint density at radius 1 is 1.24 bits per heavy atom. The summed E-state index contributed by atoms with van der Waals surface area (Å²) < 4.78 is 13.3. The zero-order chi connectivity index (χ0) is 15.0. The highest BCUT2D eigenvalue weighted by Gasteiger charge is 2.31. The molecule has 0 fully saturated rings. The lowest BCUT2D eigenvalue weighted by atomic mass is 9.96. The number of ketones is 1. The summed E-state index contributed by atoms with van der Waals surface area (Å²) in [5.41, 5.74) is 1.67. The van der Waals surface area contributed by atoms with E-state index in [-0.39, 0.29) is 11.9 Å². The number of methoxy groups -OCH3 is 1. The number of benzene rings is 2. The van der Waals surface area contributed by atoms with Gasteiger partial charge in [-0.3, -0.25) is 4.79 Å². The monoisotopic (exact) mass is 506 g/mol. The molecule has 0 radical (unpaired) electrons. The molecule has 1 heterocycles. The van der Waals surface area contributed by atoms with Crippen molar-refractivity contribution < 1.29 is 14.3 Å². The van der Waals surface area contributed by atoms with E-state index in [1.54, 1.807) is 7.11 Å². The largest absolute Gasteiger partial charge is 0.494 e. The highest BCUT2D eigenvalue weighted by Crippen LogP contribution is 2.43. The first kappa shape index (κ1) is 15.1. The number of Topliss-reactive ketones (excluding diaryl/α,β-unsaturated/α-hetero) is 1. The van der Waals surface area contributed by atoms with Crippen LogP contribution in [-0.2, 0) is 0 Å². The van der Waals surface area contributed by atoms with Crippen molar-refractivity contribution in [3.05, 3.63) is 54.7 Å². The van der Waals surface area contributed by atoms with Crippen LogP contribution in [0.25, 0.3) is 0 Å². The quantitative estimate of drug-likeness (QED) is 0.559. The summed E-state index contributed by atoms with van der Waals surface area (Å²) in [6, 6.07) is 11.7. The number of carbonyl (C=O) groups is 1. The molecule has 0 N–H and O–H groups in total. The molecule has 0 aromatic heterocycles. The smallest absolute Gasteiger partial charge is 0.170 e. The lowest BCUT2D eigenvalue weighted by molar-refractivity contribution is 0.0847. The van der Waals surface area contributed by atoms with E-state index in [4.69, 9.17) is 9.47 Å². The SMILES string of the molecule is COc1c(I)cc2c(c1I)OC(c1ccccc1)CC2=O. The number of rotatable bonds is 2. The molecule has 0 saturated carbocycles. The highest BCUT2D eigenvalue weighted by molar-refractivity contribution is 14.1. The molecule has 0 bridgehead atoms. The Morgan fingerprint density at radius 2 is 1.95 bits per heavy atom. The van der Waals surface area contributed by atoms with Gasteiger partial charge in [-0.1, -0.05) is 30.3 Å². The molecule has 108 valence electrons. The van der Waals surface area contributed by atoms with Gasteiger partial charge in [0.1, 0.15) is 17.6 Å². The van der Waals surface area contributed by atoms with E-state index in [1.807, 2.05) is 36.4 Å². The number of hydrogen-bond donors (Lipinski definition) is 0. The van der Waals surface area contributed by atoms with Crippen LogP contribution in [0.1, 0.15) is 28.4 Å². The van der Waals surface area contributed by atoms with Gasteiger partial charge in [0.25, 0.3) is 0 Å². The third kappa shape index (κ3) is 2.77. The maximum Gasteiger partial charge on any atom is 0.170 e. The molecule has 0 aliphatic carbocycles. The average molecular weight is 506 g/mol. The van der Waals surface area contributed by atoms with E-state index >= 15 is 0 Å². The van der Waals surface area contributed by atoms with Crippen LogP contribution in [0, 0.1) is 7.14 Å². The standard InChI is InChI=1S/C16H12I2O3/c1-20-16-11(17)7-10-12(19)8-13(21-15(10)14(16)18)9-5-3-2-4-6-9/h2-7,13H,8H2,1H3. The molecule has 3 rings (SSSR count). The van der Waals surface area contributed by atoms with E-state index in [9.17, 15) is 4.79 Å². The first-order valence-electron chi connectivity index (χ1n) is 6.42. The molecule has 1 aliphatic rings. The van der Waals surface area contributed by atoms with Crippen LogP contribution in [0.15, 0.2) is 36.4 Å². The average Bonchev–Trinajstić information content (AvgIpc) is 2.49. The van der Waals surface area contributed by atoms with E-state index in [2.05, 4.69) is 45.2 Å². The molecule has 0 saturated heterocycles. The first-order chi connectivity index (χ1) is 10.1. The summed E-state index contributed by atoms with van der Waals surface area (Å²) in [7, 11) is 1.63. The Labute approximate surface area is 150 Å².